The van der Waals surface area contributed by atoms with Gasteiger partial charge in [0, 0.05) is 0 Å². The Kier molecular flexibility index (Phi) is 1.50. The van der Waals surface area contributed by atoms with Crippen molar-refractivity contribution in [3.8, 4) is 0 Å². The zero-order valence-corrected chi connectivity index (χ0v) is 4.16. The molecule has 0 aromatic rings. The summed E-state index contributed by atoms with van der Waals surface area (Å²) >= 11 is 0. The van der Waals surface area contributed by atoms with Crippen molar-refractivity contribution in [3.63, 3.8) is 0 Å². The number of hydrogen-bond donors (Lipinski definition) is 1. The maximum atomic E-state index is 10.00. The molecule has 1 aliphatic heterocycles. The maximum absolute atomic E-state index is 10.00. The second kappa shape index (κ2) is 2.15. The molecule has 0 bridgehead atoms. The lowest BCUT2D eigenvalue weighted by Crippen LogP contribution is -2.21. The highest BCUT2D eigenvalue weighted by molar-refractivity contribution is 6.83. The molecule has 1 aliphatic rings. The largest absolute Gasteiger partial charge is 0.487 e. The predicted molar refractivity (Wildman–Crippen MR) is 25.6 cm³/mol. The molecule has 5 heteroatoms. The van der Waals surface area contributed by atoms with Crippen LogP contribution < -0.4 is 0 Å². The Morgan fingerprint density at radius 1 is 1.75 bits per heavy atom. The molecule has 0 aliphatic carbocycles. The van der Waals surface area contributed by atoms with Gasteiger partial charge in [-0.25, -0.2) is 0 Å². The van der Waals surface area contributed by atoms with Gasteiger partial charge in [-0.15, -0.1) is 0 Å². The van der Waals surface area contributed by atoms with Gasteiger partial charge in [0.25, 0.3) is 5.87 Å². The molecule has 0 radical (unpaired) electrons. The Bertz CT molecular complexity index is 97.5. The molecule has 1 rings (SSSR count). The van der Waals surface area contributed by atoms with Gasteiger partial charge >= 0.3 is 6.92 Å². The van der Waals surface area contributed by atoms with Crippen LogP contribution in [0.15, 0.2) is 0 Å². The van der Waals surface area contributed by atoms with Gasteiger partial charge < -0.3 is 5.11 Å². The third-order valence-corrected chi connectivity index (χ3v) is 0.923. The molecule has 1 fully saturated rings. The molecule has 4 nitrogen and oxygen atoms in total. The summed E-state index contributed by atoms with van der Waals surface area (Å²) in [6, 6.07) is 0. The first-order chi connectivity index (χ1) is 3.80. The number of rotatable bonds is 1. The van der Waals surface area contributed by atoms with Crippen LogP contribution >= 0.6 is 0 Å². The minimum Gasteiger partial charge on any atom is -0.487 e. The lowest BCUT2D eigenvalue weighted by Gasteiger charge is -1.90. The minimum absolute atomic E-state index is 0.386. The average molecular weight is 116 g/mol. The van der Waals surface area contributed by atoms with Gasteiger partial charge in [-0.2, -0.15) is 0 Å². The SMILES string of the molecule is O=C(O)B1CCOO1. The standard InChI is InChI=1S/C3H5BO4/c5-3(6)4-1-2-7-8-4/h1-2H2,(H,5,6). The molecule has 0 spiro atoms. The lowest BCUT2D eigenvalue weighted by molar-refractivity contribution is -0.184. The summed E-state index contributed by atoms with van der Waals surface area (Å²) in [6.07, 6.45) is 0.454. The highest BCUT2D eigenvalue weighted by Crippen LogP contribution is 2.05. The Hall–Kier alpha value is -0.545. The predicted octanol–water partition coefficient (Wildman–Crippen LogP) is 0.199. The van der Waals surface area contributed by atoms with E-state index in [2.05, 4.69) is 9.69 Å². The number of carbonyl (C=O) groups is 1. The van der Waals surface area contributed by atoms with E-state index in [4.69, 9.17) is 5.11 Å². The van der Waals surface area contributed by atoms with Gasteiger partial charge in [-0.1, -0.05) is 0 Å². The van der Waals surface area contributed by atoms with E-state index < -0.39 is 12.8 Å². The van der Waals surface area contributed by atoms with Crippen molar-refractivity contribution in [1.29, 1.82) is 0 Å². The fraction of sp³-hybridized carbons (Fsp3) is 0.667. The van der Waals surface area contributed by atoms with Crippen LogP contribution in [0.5, 0.6) is 0 Å². The molecule has 1 saturated heterocycles. The van der Waals surface area contributed by atoms with Crippen LogP contribution in [0.3, 0.4) is 0 Å². The van der Waals surface area contributed by atoms with E-state index in [-0.39, 0.29) is 0 Å². The lowest BCUT2D eigenvalue weighted by atomic mass is 9.66. The molecular formula is C3H5BO4. The van der Waals surface area contributed by atoms with Crippen LogP contribution in [0.2, 0.25) is 6.32 Å². The smallest absolute Gasteiger partial charge is 0.467 e. The average Bonchev–Trinajstić information content (AvgIpc) is 2.12. The first-order valence-electron chi connectivity index (χ1n) is 2.32. The van der Waals surface area contributed by atoms with Crippen molar-refractivity contribution in [2.24, 2.45) is 0 Å². The summed E-state index contributed by atoms with van der Waals surface area (Å²) in [7, 11) is 0. The summed E-state index contributed by atoms with van der Waals surface area (Å²) in [5, 5.41) is 8.21. The molecule has 0 amide bonds. The fourth-order valence-corrected chi connectivity index (χ4v) is 0.498. The minimum atomic E-state index is -0.956. The third-order valence-electron chi connectivity index (χ3n) is 0.923. The molecule has 0 atom stereocenters. The van der Waals surface area contributed by atoms with Gasteiger partial charge in [0.2, 0.25) is 0 Å². The summed E-state index contributed by atoms with van der Waals surface area (Å²) in [4.78, 5) is 18.6. The van der Waals surface area contributed by atoms with E-state index in [9.17, 15) is 4.79 Å². The molecule has 0 saturated carbocycles. The van der Waals surface area contributed by atoms with E-state index in [0.717, 1.165) is 0 Å². The maximum Gasteiger partial charge on any atom is 0.467 e. The summed E-state index contributed by atoms with van der Waals surface area (Å²) in [6.45, 7) is -0.355. The van der Waals surface area contributed by atoms with Gasteiger partial charge in [-0.05, 0) is 6.32 Å². The monoisotopic (exact) mass is 116 g/mol. The van der Waals surface area contributed by atoms with E-state index in [1.54, 1.807) is 0 Å². The Morgan fingerprint density at radius 3 is 2.75 bits per heavy atom. The second-order valence-corrected chi connectivity index (χ2v) is 1.53. The van der Waals surface area contributed by atoms with Crippen molar-refractivity contribution in [2.75, 3.05) is 6.61 Å². The van der Waals surface area contributed by atoms with Crippen molar-refractivity contribution < 1.29 is 19.6 Å². The summed E-state index contributed by atoms with van der Waals surface area (Å²) < 4.78 is 0. The summed E-state index contributed by atoms with van der Waals surface area (Å²) in [5.74, 6) is -0.956. The van der Waals surface area contributed by atoms with Gasteiger partial charge in [0.1, 0.15) is 0 Å². The van der Waals surface area contributed by atoms with Crippen LogP contribution in [0.1, 0.15) is 0 Å². The first kappa shape index (κ1) is 5.59. The van der Waals surface area contributed by atoms with E-state index in [1.165, 1.54) is 0 Å². The van der Waals surface area contributed by atoms with Crippen LogP contribution in [0.4, 0.5) is 4.79 Å². The van der Waals surface area contributed by atoms with Gasteiger partial charge in [-0.3, -0.25) is 14.5 Å². The van der Waals surface area contributed by atoms with Gasteiger partial charge in [0.05, 0.1) is 6.61 Å². The van der Waals surface area contributed by atoms with Gasteiger partial charge in [0.15, 0.2) is 0 Å². The number of carboxylic acid groups (broad SMARTS) is 1. The second-order valence-electron chi connectivity index (χ2n) is 1.53. The van der Waals surface area contributed by atoms with Crippen LogP contribution in [0.25, 0.3) is 0 Å². The Labute approximate surface area is 46.4 Å². The molecule has 1 N–H and O–H groups in total. The highest BCUT2D eigenvalue weighted by atomic mass is 17.2. The van der Waals surface area contributed by atoms with Crippen LogP contribution in [-0.4, -0.2) is 24.5 Å². The van der Waals surface area contributed by atoms with E-state index in [0.29, 0.717) is 12.9 Å². The topological polar surface area (TPSA) is 55.8 Å². The molecular weight excluding hydrogens is 111 g/mol. The number of hydrogen-bond acceptors (Lipinski definition) is 3. The third kappa shape index (κ3) is 0.990. The van der Waals surface area contributed by atoms with Crippen LogP contribution in [-0.2, 0) is 9.69 Å². The van der Waals surface area contributed by atoms with Crippen molar-refractivity contribution in [1.82, 2.24) is 0 Å². The summed E-state index contributed by atoms with van der Waals surface area (Å²) in [5.41, 5.74) is 0. The Balaban J connectivity index is 2.35. The van der Waals surface area contributed by atoms with Crippen LogP contribution in [0, 0.1) is 0 Å². The van der Waals surface area contributed by atoms with E-state index in [1.807, 2.05) is 0 Å². The molecule has 0 aromatic carbocycles. The van der Waals surface area contributed by atoms with E-state index >= 15 is 0 Å². The zero-order chi connectivity index (χ0) is 5.98. The molecule has 44 valence electrons. The first-order valence-corrected chi connectivity index (χ1v) is 2.32. The van der Waals surface area contributed by atoms with Crippen molar-refractivity contribution in [2.45, 2.75) is 6.32 Å². The molecule has 0 unspecified atom stereocenters. The molecule has 1 heterocycles. The van der Waals surface area contributed by atoms with Crippen molar-refractivity contribution in [3.05, 3.63) is 0 Å². The van der Waals surface area contributed by atoms with Crippen molar-refractivity contribution >= 4 is 12.8 Å². The fourth-order valence-electron chi connectivity index (χ4n) is 0.498. The molecule has 8 heavy (non-hydrogen) atoms. The Morgan fingerprint density at radius 2 is 2.50 bits per heavy atom. The quantitative estimate of drug-likeness (QED) is 0.392. The normalized spacial score (nSPS) is 19.2. The zero-order valence-electron chi connectivity index (χ0n) is 4.16. The molecule has 0 aromatic heterocycles. The highest BCUT2D eigenvalue weighted by Gasteiger charge is 2.31.